The van der Waals surface area contributed by atoms with Crippen LogP contribution in [0.5, 0.6) is 0 Å². The maximum Gasteiger partial charge on any atom is 0.326 e. The smallest absolute Gasteiger partial charge is 0.326 e. The summed E-state index contributed by atoms with van der Waals surface area (Å²) >= 11 is 0. The molecule has 1 aliphatic rings. The van der Waals surface area contributed by atoms with Gasteiger partial charge in [-0.1, -0.05) is 6.92 Å². The Balaban J connectivity index is 2.53. The summed E-state index contributed by atoms with van der Waals surface area (Å²) < 4.78 is 24.8. The molecule has 1 aliphatic heterocycles. The molecule has 8 heteroatoms. The summed E-state index contributed by atoms with van der Waals surface area (Å²) in [5.74, 6) is -1.60. The van der Waals surface area contributed by atoms with Gasteiger partial charge >= 0.3 is 5.97 Å². The Bertz CT molecular complexity index is 454. The second-order valence-electron chi connectivity index (χ2n) is 4.88. The number of nitrogens with one attached hydrogen (secondary N) is 1. The molecule has 0 saturated carbocycles. The van der Waals surface area contributed by atoms with E-state index in [0.29, 0.717) is 32.4 Å². The van der Waals surface area contributed by atoms with E-state index in [1.807, 2.05) is 0 Å². The van der Waals surface area contributed by atoms with Gasteiger partial charge in [-0.25, -0.2) is 17.5 Å². The minimum atomic E-state index is -3.20. The Labute approximate surface area is 119 Å². The SMILES string of the molecule is CCC(NC(=O)C1CCN(S(=O)(=O)CC)CC1)C(=O)O. The molecule has 1 unspecified atom stereocenters. The summed E-state index contributed by atoms with van der Waals surface area (Å²) in [6, 6.07) is -0.875. The van der Waals surface area contributed by atoms with Crippen molar-refractivity contribution in [3.8, 4) is 0 Å². The van der Waals surface area contributed by atoms with Crippen molar-refractivity contribution < 1.29 is 23.1 Å². The molecule has 0 aromatic heterocycles. The van der Waals surface area contributed by atoms with Crippen LogP contribution in [0.3, 0.4) is 0 Å². The number of sulfonamides is 1. The van der Waals surface area contributed by atoms with E-state index < -0.39 is 22.0 Å². The molecule has 0 spiro atoms. The lowest BCUT2D eigenvalue weighted by Gasteiger charge is -2.30. The second-order valence-corrected chi connectivity index (χ2v) is 7.14. The lowest BCUT2D eigenvalue weighted by atomic mass is 9.97. The molecule has 116 valence electrons. The summed E-state index contributed by atoms with van der Waals surface area (Å²) in [5.41, 5.74) is 0. The van der Waals surface area contributed by atoms with Gasteiger partial charge < -0.3 is 10.4 Å². The molecule has 1 heterocycles. The van der Waals surface area contributed by atoms with E-state index in [2.05, 4.69) is 5.32 Å². The highest BCUT2D eigenvalue weighted by Crippen LogP contribution is 2.20. The molecule has 0 aromatic rings. The first-order valence-electron chi connectivity index (χ1n) is 6.82. The molecule has 1 rings (SSSR count). The monoisotopic (exact) mass is 306 g/mol. The quantitative estimate of drug-likeness (QED) is 0.720. The van der Waals surface area contributed by atoms with Crippen LogP contribution in [0.15, 0.2) is 0 Å². The van der Waals surface area contributed by atoms with Crippen molar-refractivity contribution in [1.29, 1.82) is 0 Å². The predicted molar refractivity (Wildman–Crippen MR) is 73.6 cm³/mol. The van der Waals surface area contributed by atoms with E-state index >= 15 is 0 Å². The molecule has 0 bridgehead atoms. The molecule has 1 fully saturated rings. The van der Waals surface area contributed by atoms with Gasteiger partial charge in [0.1, 0.15) is 6.04 Å². The van der Waals surface area contributed by atoms with Crippen LogP contribution in [0.4, 0.5) is 0 Å². The Kier molecular flexibility index (Phi) is 5.94. The minimum absolute atomic E-state index is 0.0563. The van der Waals surface area contributed by atoms with Crippen molar-refractivity contribution in [3.05, 3.63) is 0 Å². The first kappa shape index (κ1) is 16.9. The molecule has 1 amide bonds. The second kappa shape index (κ2) is 7.03. The molecule has 0 radical (unpaired) electrons. The van der Waals surface area contributed by atoms with Gasteiger partial charge in [0, 0.05) is 19.0 Å². The van der Waals surface area contributed by atoms with Crippen molar-refractivity contribution in [3.63, 3.8) is 0 Å². The number of hydrogen-bond donors (Lipinski definition) is 2. The number of rotatable bonds is 6. The zero-order valence-corrected chi connectivity index (χ0v) is 12.6. The van der Waals surface area contributed by atoms with E-state index in [4.69, 9.17) is 5.11 Å². The minimum Gasteiger partial charge on any atom is -0.480 e. The largest absolute Gasteiger partial charge is 0.480 e. The summed E-state index contributed by atoms with van der Waals surface area (Å²) in [5, 5.41) is 11.4. The standard InChI is InChI=1S/C12H22N2O5S/c1-3-10(12(16)17)13-11(15)9-5-7-14(8-6-9)20(18,19)4-2/h9-10H,3-8H2,1-2H3,(H,13,15)(H,16,17). The highest BCUT2D eigenvalue weighted by atomic mass is 32.2. The summed E-state index contributed by atoms with van der Waals surface area (Å²) in [7, 11) is -3.20. The average Bonchev–Trinajstić information content (AvgIpc) is 2.44. The van der Waals surface area contributed by atoms with Gasteiger partial charge in [-0.05, 0) is 26.2 Å². The van der Waals surface area contributed by atoms with E-state index in [1.165, 1.54) is 4.31 Å². The van der Waals surface area contributed by atoms with Gasteiger partial charge in [0.15, 0.2) is 0 Å². The number of aliphatic carboxylic acids is 1. The fraction of sp³-hybridized carbons (Fsp3) is 0.833. The number of piperidine rings is 1. The van der Waals surface area contributed by atoms with Crippen molar-refractivity contribution in [1.82, 2.24) is 9.62 Å². The third-order valence-corrected chi connectivity index (χ3v) is 5.49. The van der Waals surface area contributed by atoms with Gasteiger partial charge in [-0.2, -0.15) is 0 Å². The van der Waals surface area contributed by atoms with Crippen LogP contribution in [0.25, 0.3) is 0 Å². The van der Waals surface area contributed by atoms with Crippen LogP contribution in [0.2, 0.25) is 0 Å². The molecule has 2 N–H and O–H groups in total. The maximum atomic E-state index is 12.0. The number of amides is 1. The zero-order valence-electron chi connectivity index (χ0n) is 11.8. The lowest BCUT2D eigenvalue weighted by Crippen LogP contribution is -2.47. The third kappa shape index (κ3) is 4.17. The molecule has 1 atom stereocenters. The Morgan fingerprint density at radius 2 is 1.85 bits per heavy atom. The van der Waals surface area contributed by atoms with E-state index in [-0.39, 0.29) is 17.6 Å². The molecule has 0 aliphatic carbocycles. The first-order valence-corrected chi connectivity index (χ1v) is 8.43. The van der Waals surface area contributed by atoms with Crippen LogP contribution >= 0.6 is 0 Å². The van der Waals surface area contributed by atoms with Crippen molar-refractivity contribution in [2.24, 2.45) is 5.92 Å². The van der Waals surface area contributed by atoms with Crippen LogP contribution in [-0.4, -0.2) is 54.6 Å². The fourth-order valence-electron chi connectivity index (χ4n) is 2.21. The van der Waals surface area contributed by atoms with Crippen molar-refractivity contribution in [2.45, 2.75) is 39.2 Å². The highest BCUT2D eigenvalue weighted by Gasteiger charge is 2.31. The van der Waals surface area contributed by atoms with Crippen LogP contribution in [-0.2, 0) is 19.6 Å². The van der Waals surface area contributed by atoms with Gasteiger partial charge in [0.05, 0.1) is 5.75 Å². The highest BCUT2D eigenvalue weighted by molar-refractivity contribution is 7.89. The lowest BCUT2D eigenvalue weighted by molar-refractivity contribution is -0.142. The number of carboxylic acids is 1. The summed E-state index contributed by atoms with van der Waals surface area (Å²) in [6.07, 6.45) is 1.19. The van der Waals surface area contributed by atoms with Crippen molar-refractivity contribution >= 4 is 21.9 Å². The van der Waals surface area contributed by atoms with E-state index in [1.54, 1.807) is 13.8 Å². The Hall–Kier alpha value is -1.15. The number of carbonyl (C=O) groups is 2. The molecule has 1 saturated heterocycles. The summed E-state index contributed by atoms with van der Waals surface area (Å²) in [6.45, 7) is 3.92. The maximum absolute atomic E-state index is 12.0. The number of hydrogen-bond acceptors (Lipinski definition) is 4. The van der Waals surface area contributed by atoms with Gasteiger partial charge in [-0.15, -0.1) is 0 Å². The first-order chi connectivity index (χ1) is 9.31. The molecular weight excluding hydrogens is 284 g/mol. The van der Waals surface area contributed by atoms with Crippen molar-refractivity contribution in [2.75, 3.05) is 18.8 Å². The number of carboxylic acid groups (broad SMARTS) is 1. The Morgan fingerprint density at radius 3 is 2.25 bits per heavy atom. The van der Waals surface area contributed by atoms with Gasteiger partial charge in [0.2, 0.25) is 15.9 Å². The molecule has 7 nitrogen and oxygen atoms in total. The normalized spacial score (nSPS) is 19.5. The summed E-state index contributed by atoms with van der Waals surface area (Å²) in [4.78, 5) is 22.8. The van der Waals surface area contributed by atoms with Gasteiger partial charge in [0.25, 0.3) is 0 Å². The topological polar surface area (TPSA) is 104 Å². The molecular formula is C12H22N2O5S. The predicted octanol–water partition coefficient (Wildman–Crippen LogP) is 0.0275. The zero-order chi connectivity index (χ0) is 15.3. The van der Waals surface area contributed by atoms with Crippen LogP contribution in [0, 0.1) is 5.92 Å². The fourth-order valence-corrected chi connectivity index (χ4v) is 3.34. The molecule has 20 heavy (non-hydrogen) atoms. The average molecular weight is 306 g/mol. The van der Waals surface area contributed by atoms with Crippen LogP contribution in [0.1, 0.15) is 33.1 Å². The Morgan fingerprint density at radius 1 is 1.30 bits per heavy atom. The van der Waals surface area contributed by atoms with E-state index in [9.17, 15) is 18.0 Å². The molecule has 0 aromatic carbocycles. The third-order valence-electron chi connectivity index (χ3n) is 3.61. The number of carbonyl (C=O) groups excluding carboxylic acids is 1. The number of nitrogens with zero attached hydrogens (tertiary/aromatic N) is 1. The van der Waals surface area contributed by atoms with Crippen LogP contribution < -0.4 is 5.32 Å². The van der Waals surface area contributed by atoms with E-state index in [0.717, 1.165) is 0 Å². The van der Waals surface area contributed by atoms with Gasteiger partial charge in [-0.3, -0.25) is 4.79 Å².